The molecule has 0 saturated carbocycles. The van der Waals surface area contributed by atoms with Gasteiger partial charge in [-0.15, -0.1) is 5.10 Å². The van der Waals surface area contributed by atoms with Gasteiger partial charge >= 0.3 is 0 Å². The van der Waals surface area contributed by atoms with Crippen molar-refractivity contribution in [2.45, 2.75) is 19.3 Å². The van der Waals surface area contributed by atoms with Gasteiger partial charge in [0.1, 0.15) is 6.10 Å². The molecule has 34 heavy (non-hydrogen) atoms. The Balaban J connectivity index is 1.12. The number of rotatable bonds is 3. The molecule has 2 aliphatic heterocycles. The molecule has 6 rings (SSSR count). The van der Waals surface area contributed by atoms with E-state index in [9.17, 15) is 9.59 Å². The molecule has 1 saturated heterocycles. The lowest BCUT2D eigenvalue weighted by Crippen LogP contribution is -2.50. The second kappa shape index (κ2) is 8.42. The number of aromatic nitrogens is 4. The van der Waals surface area contributed by atoms with Crippen LogP contribution < -0.4 is 0 Å². The molecule has 1 N–H and O–H groups in total. The summed E-state index contributed by atoms with van der Waals surface area (Å²) in [6.07, 6.45) is 1.72. The van der Waals surface area contributed by atoms with E-state index < -0.39 is 0 Å². The first-order valence-corrected chi connectivity index (χ1v) is 11.4. The van der Waals surface area contributed by atoms with Crippen LogP contribution in [0.3, 0.4) is 0 Å². The summed E-state index contributed by atoms with van der Waals surface area (Å²) in [7, 11) is 0. The minimum Gasteiger partial charge on any atom is -0.365 e. The first-order valence-electron chi connectivity index (χ1n) is 11.4. The van der Waals surface area contributed by atoms with Crippen LogP contribution in [0.15, 0.2) is 60.8 Å². The van der Waals surface area contributed by atoms with Crippen LogP contribution in [0, 0.1) is 0 Å². The Hall–Kier alpha value is -3.98. The lowest BCUT2D eigenvalue weighted by atomic mass is 10.1. The zero-order valence-electron chi connectivity index (χ0n) is 18.6. The number of benzene rings is 2. The van der Waals surface area contributed by atoms with Crippen molar-refractivity contribution in [3.8, 4) is 0 Å². The van der Waals surface area contributed by atoms with Gasteiger partial charge in [0, 0.05) is 48.8 Å². The van der Waals surface area contributed by atoms with Gasteiger partial charge in [-0.2, -0.15) is 0 Å². The monoisotopic (exact) mass is 456 g/mol. The minimum atomic E-state index is -0.164. The lowest BCUT2D eigenvalue weighted by molar-refractivity contribution is -0.00202. The molecule has 1 atom stereocenters. The molecule has 0 aliphatic carbocycles. The fourth-order valence-electron chi connectivity index (χ4n) is 4.75. The fraction of sp³-hybridized carbons (Fsp3) is 0.280. The van der Waals surface area contributed by atoms with Crippen LogP contribution in [0.2, 0.25) is 0 Å². The summed E-state index contributed by atoms with van der Waals surface area (Å²) in [5.41, 5.74) is 3.73. The third kappa shape index (κ3) is 3.54. The number of ether oxygens (including phenoxy) is 1. The highest BCUT2D eigenvalue weighted by Gasteiger charge is 2.32. The number of carbonyl (C=O) groups is 2. The second-order valence-corrected chi connectivity index (χ2v) is 8.61. The smallest absolute Gasteiger partial charge is 0.276 e. The Kier molecular flexibility index (Phi) is 5.10. The fourth-order valence-corrected chi connectivity index (χ4v) is 4.75. The van der Waals surface area contributed by atoms with E-state index >= 15 is 0 Å². The average Bonchev–Trinajstić information content (AvgIpc) is 3.55. The van der Waals surface area contributed by atoms with Crippen molar-refractivity contribution in [1.82, 2.24) is 29.8 Å². The molecule has 2 amide bonds. The number of aromatic amines is 1. The molecule has 9 nitrogen and oxygen atoms in total. The van der Waals surface area contributed by atoms with E-state index in [1.165, 1.54) is 0 Å². The van der Waals surface area contributed by atoms with E-state index in [0.29, 0.717) is 49.7 Å². The molecule has 2 aromatic heterocycles. The Morgan fingerprint density at radius 2 is 1.68 bits per heavy atom. The summed E-state index contributed by atoms with van der Waals surface area (Å²) in [4.78, 5) is 33.0. The van der Waals surface area contributed by atoms with Gasteiger partial charge < -0.3 is 19.5 Å². The minimum absolute atomic E-state index is 0.0151. The number of fused-ring (bicyclic) bond motifs is 2. The maximum Gasteiger partial charge on any atom is 0.276 e. The van der Waals surface area contributed by atoms with Crippen molar-refractivity contribution in [3.05, 3.63) is 83.3 Å². The predicted octanol–water partition coefficient (Wildman–Crippen LogP) is 2.63. The Labute approximate surface area is 195 Å². The summed E-state index contributed by atoms with van der Waals surface area (Å²) in [6, 6.07) is 17.6. The van der Waals surface area contributed by atoms with E-state index in [1.54, 1.807) is 14.5 Å². The molecular formula is C25H24N6O3. The maximum atomic E-state index is 13.2. The third-order valence-corrected chi connectivity index (χ3v) is 6.65. The number of amides is 2. The first kappa shape index (κ1) is 20.6. The molecule has 0 unspecified atom stereocenters. The maximum absolute atomic E-state index is 13.2. The van der Waals surface area contributed by atoms with Crippen molar-refractivity contribution in [3.63, 3.8) is 0 Å². The number of nitrogens with zero attached hydrogens (tertiary/aromatic N) is 5. The van der Waals surface area contributed by atoms with E-state index in [2.05, 4.69) is 15.3 Å². The molecule has 0 spiro atoms. The zero-order valence-corrected chi connectivity index (χ0v) is 18.6. The molecule has 0 radical (unpaired) electrons. The van der Waals surface area contributed by atoms with E-state index in [1.807, 2.05) is 60.8 Å². The van der Waals surface area contributed by atoms with Crippen molar-refractivity contribution in [2.24, 2.45) is 0 Å². The number of H-pyrrole nitrogens is 1. The van der Waals surface area contributed by atoms with Crippen molar-refractivity contribution < 1.29 is 14.3 Å². The number of hydrogen-bond donors (Lipinski definition) is 1. The van der Waals surface area contributed by atoms with Gasteiger partial charge in [0.2, 0.25) is 0 Å². The van der Waals surface area contributed by atoms with Crippen molar-refractivity contribution >= 4 is 22.7 Å². The largest absolute Gasteiger partial charge is 0.365 e. The third-order valence-electron chi connectivity index (χ3n) is 6.65. The van der Waals surface area contributed by atoms with Crippen LogP contribution in [0.1, 0.15) is 38.2 Å². The van der Waals surface area contributed by atoms with Gasteiger partial charge in [0.25, 0.3) is 11.8 Å². The van der Waals surface area contributed by atoms with Gasteiger partial charge in [-0.3, -0.25) is 9.59 Å². The van der Waals surface area contributed by atoms with Gasteiger partial charge in [0.05, 0.1) is 18.8 Å². The summed E-state index contributed by atoms with van der Waals surface area (Å²) in [5.74, 6) is -0.179. The van der Waals surface area contributed by atoms with Crippen molar-refractivity contribution in [1.29, 1.82) is 0 Å². The normalized spacial score (nSPS) is 18.2. The van der Waals surface area contributed by atoms with Crippen LogP contribution in [0.25, 0.3) is 10.9 Å². The predicted molar refractivity (Wildman–Crippen MR) is 124 cm³/mol. The summed E-state index contributed by atoms with van der Waals surface area (Å²) in [6.45, 7) is 2.66. The molecule has 2 aliphatic rings. The molecule has 4 aromatic rings. The van der Waals surface area contributed by atoms with Crippen LogP contribution >= 0.6 is 0 Å². The molecule has 4 heterocycles. The summed E-state index contributed by atoms with van der Waals surface area (Å²) < 4.78 is 7.80. The number of hydrogen-bond acceptors (Lipinski definition) is 5. The lowest BCUT2D eigenvalue weighted by Gasteiger charge is -2.34. The Bertz CT molecular complexity index is 1350. The van der Waals surface area contributed by atoms with Crippen LogP contribution in [-0.2, 0) is 17.9 Å². The standard InChI is InChI=1S/C25H24N6O3/c32-24(19-7-4-8-20-18(19)9-10-26-20)29-11-13-30(14-12-29)25(33)23-21-16-34-22(15-31(21)28-27-23)17-5-2-1-3-6-17/h1-10,22,26H,11-16H2/t22-/m0/s1. The van der Waals surface area contributed by atoms with E-state index in [4.69, 9.17) is 4.74 Å². The number of carbonyl (C=O) groups excluding carboxylic acids is 2. The van der Waals surface area contributed by atoms with Crippen molar-refractivity contribution in [2.75, 3.05) is 26.2 Å². The first-order chi connectivity index (χ1) is 16.7. The number of nitrogens with one attached hydrogen (secondary N) is 1. The molecule has 0 bridgehead atoms. The zero-order chi connectivity index (χ0) is 23.1. The van der Waals surface area contributed by atoms with E-state index in [-0.39, 0.29) is 24.5 Å². The Morgan fingerprint density at radius 1 is 0.912 bits per heavy atom. The quantitative estimate of drug-likeness (QED) is 0.511. The van der Waals surface area contributed by atoms with Gasteiger partial charge in [0.15, 0.2) is 5.69 Å². The van der Waals surface area contributed by atoms with Gasteiger partial charge in [-0.25, -0.2) is 4.68 Å². The van der Waals surface area contributed by atoms with Crippen LogP contribution in [0.4, 0.5) is 0 Å². The second-order valence-electron chi connectivity index (χ2n) is 8.61. The van der Waals surface area contributed by atoms with Gasteiger partial charge in [-0.1, -0.05) is 41.6 Å². The average molecular weight is 457 g/mol. The highest BCUT2D eigenvalue weighted by molar-refractivity contribution is 6.06. The molecule has 2 aromatic carbocycles. The number of piperazine rings is 1. The van der Waals surface area contributed by atoms with Gasteiger partial charge in [-0.05, 0) is 23.8 Å². The van der Waals surface area contributed by atoms with Crippen LogP contribution in [-0.4, -0.2) is 67.8 Å². The van der Waals surface area contributed by atoms with Crippen LogP contribution in [0.5, 0.6) is 0 Å². The summed E-state index contributed by atoms with van der Waals surface area (Å²) >= 11 is 0. The molecule has 1 fully saturated rings. The molecule has 172 valence electrons. The van der Waals surface area contributed by atoms with E-state index in [0.717, 1.165) is 16.5 Å². The molecule has 9 heteroatoms. The molecular weight excluding hydrogens is 432 g/mol. The highest BCUT2D eigenvalue weighted by atomic mass is 16.5. The highest BCUT2D eigenvalue weighted by Crippen LogP contribution is 2.27. The topological polar surface area (TPSA) is 96.3 Å². The SMILES string of the molecule is O=C(c1nnn2c1CO[C@H](c1ccccc1)C2)N1CCN(C(=O)c2cccc3[nH]ccc23)CC1. The summed E-state index contributed by atoms with van der Waals surface area (Å²) in [5, 5.41) is 9.33. The Morgan fingerprint density at radius 3 is 2.47 bits per heavy atom.